The van der Waals surface area contributed by atoms with Crippen LogP contribution in [0.5, 0.6) is 0 Å². The van der Waals surface area contributed by atoms with Crippen molar-refractivity contribution >= 4 is 11.8 Å². The van der Waals surface area contributed by atoms with Crippen molar-refractivity contribution in [2.24, 2.45) is 11.8 Å². The van der Waals surface area contributed by atoms with Crippen LogP contribution in [0.15, 0.2) is 54.8 Å². The normalized spacial score (nSPS) is 25.8. The van der Waals surface area contributed by atoms with Crippen LogP contribution >= 0.6 is 0 Å². The summed E-state index contributed by atoms with van der Waals surface area (Å²) in [6.07, 6.45) is 13.7. The van der Waals surface area contributed by atoms with Crippen molar-refractivity contribution in [1.29, 1.82) is 0 Å². The first-order valence-corrected chi connectivity index (χ1v) is 10.6. The van der Waals surface area contributed by atoms with Gasteiger partial charge in [0.1, 0.15) is 0 Å². The van der Waals surface area contributed by atoms with E-state index in [2.05, 4.69) is 17.5 Å². The molecule has 0 aromatic heterocycles. The number of carbonyl (C=O) groups is 2. The average molecular weight is 398 g/mol. The number of ether oxygens (including phenoxy) is 1. The van der Waals surface area contributed by atoms with Crippen molar-refractivity contribution in [3.63, 3.8) is 0 Å². The Morgan fingerprint density at radius 1 is 1.10 bits per heavy atom. The van der Waals surface area contributed by atoms with E-state index in [4.69, 9.17) is 9.84 Å². The number of hydrogen-bond acceptors (Lipinski definition) is 4. The number of benzene rings is 1. The van der Waals surface area contributed by atoms with Crippen molar-refractivity contribution in [3.8, 4) is 0 Å². The number of aliphatic carboxylic acids is 1. The Bertz CT molecular complexity index is 728. The first-order valence-electron chi connectivity index (χ1n) is 10.6. The molecule has 0 radical (unpaired) electrons. The van der Waals surface area contributed by atoms with E-state index in [1.165, 1.54) is 0 Å². The maximum absolute atomic E-state index is 12.1. The number of unbranched alkanes of at least 4 members (excludes halogenated alkanes) is 1. The summed E-state index contributed by atoms with van der Waals surface area (Å²) in [6.45, 7) is 0.813. The molecule has 2 aliphatic rings. The number of carboxylic acid groups (broad SMARTS) is 1. The van der Waals surface area contributed by atoms with Gasteiger partial charge in [0.05, 0.1) is 12.2 Å². The quantitative estimate of drug-likeness (QED) is 0.318. The molecule has 2 saturated heterocycles. The minimum atomic E-state index is -0.735. The molecule has 2 aliphatic heterocycles. The number of allylic oxidation sites excluding steroid dienone is 3. The van der Waals surface area contributed by atoms with Crippen LogP contribution in [0.3, 0.4) is 0 Å². The Morgan fingerprint density at radius 3 is 2.62 bits per heavy atom. The molecule has 4 atom stereocenters. The highest BCUT2D eigenvalue weighted by atomic mass is 16.5. The predicted octanol–water partition coefficient (Wildman–Crippen LogP) is 3.90. The van der Waals surface area contributed by atoms with E-state index in [-0.39, 0.29) is 12.2 Å². The lowest BCUT2D eigenvalue weighted by atomic mass is 9.77. The summed E-state index contributed by atoms with van der Waals surface area (Å²) in [5, 5.41) is 12.0. The van der Waals surface area contributed by atoms with Gasteiger partial charge in [-0.05, 0) is 55.9 Å². The highest BCUT2D eigenvalue weighted by Gasteiger charge is 2.47. The monoisotopic (exact) mass is 397 g/mol. The maximum atomic E-state index is 12.1. The molecular formula is C24H31NO4. The Hall–Kier alpha value is -2.40. The van der Waals surface area contributed by atoms with E-state index in [1.54, 1.807) is 12.3 Å². The fourth-order valence-electron chi connectivity index (χ4n) is 4.43. The van der Waals surface area contributed by atoms with Crippen molar-refractivity contribution in [2.75, 3.05) is 6.54 Å². The molecule has 0 amide bonds. The lowest BCUT2D eigenvalue weighted by molar-refractivity contribution is -0.137. The lowest BCUT2D eigenvalue weighted by Crippen LogP contribution is -2.34. The number of carbonyl (C=O) groups excluding carboxylic acids is 1. The van der Waals surface area contributed by atoms with Gasteiger partial charge in [-0.2, -0.15) is 0 Å². The van der Waals surface area contributed by atoms with Crippen LogP contribution in [0, 0.1) is 11.8 Å². The summed E-state index contributed by atoms with van der Waals surface area (Å²) in [7, 11) is 0. The number of carboxylic acids is 1. The molecule has 1 aromatic rings. The fourth-order valence-corrected chi connectivity index (χ4v) is 4.43. The maximum Gasteiger partial charge on any atom is 0.303 e. The second-order valence-electron chi connectivity index (χ2n) is 7.98. The van der Waals surface area contributed by atoms with Gasteiger partial charge < -0.3 is 15.2 Å². The van der Waals surface area contributed by atoms with E-state index in [0.29, 0.717) is 36.9 Å². The molecule has 0 spiro atoms. The van der Waals surface area contributed by atoms with Crippen molar-refractivity contribution in [2.45, 2.75) is 57.2 Å². The zero-order valence-electron chi connectivity index (χ0n) is 16.8. The van der Waals surface area contributed by atoms with Gasteiger partial charge in [-0.3, -0.25) is 9.59 Å². The summed E-state index contributed by atoms with van der Waals surface area (Å²) in [5.41, 5.74) is 1.03. The van der Waals surface area contributed by atoms with Crippen LogP contribution in [0.4, 0.5) is 0 Å². The van der Waals surface area contributed by atoms with E-state index in [9.17, 15) is 9.59 Å². The SMILES string of the molecule is O=C(O)CCC/C=C\C[C@H]1[C@@H](CNC=CC(=O)Cc2ccccc2)[C@H]2CC[C@@H]1O2. The van der Waals surface area contributed by atoms with E-state index < -0.39 is 5.97 Å². The van der Waals surface area contributed by atoms with E-state index in [0.717, 1.165) is 37.8 Å². The zero-order valence-corrected chi connectivity index (χ0v) is 16.8. The molecule has 156 valence electrons. The zero-order chi connectivity index (χ0) is 20.5. The molecular weight excluding hydrogens is 366 g/mol. The van der Waals surface area contributed by atoms with Crippen LogP contribution in [-0.4, -0.2) is 35.6 Å². The molecule has 2 fully saturated rings. The Balaban J connectivity index is 1.40. The second-order valence-corrected chi connectivity index (χ2v) is 7.98. The fraction of sp³-hybridized carbons (Fsp3) is 0.500. The summed E-state index contributed by atoms with van der Waals surface area (Å²) >= 11 is 0. The molecule has 1 aromatic carbocycles. The van der Waals surface area contributed by atoms with Gasteiger partial charge in [0.2, 0.25) is 0 Å². The number of ketones is 1. The van der Waals surface area contributed by atoms with Crippen molar-refractivity contribution in [3.05, 3.63) is 60.3 Å². The second kappa shape index (κ2) is 11.0. The van der Waals surface area contributed by atoms with Crippen LogP contribution < -0.4 is 5.32 Å². The molecule has 5 heteroatoms. The van der Waals surface area contributed by atoms with Crippen LogP contribution in [0.25, 0.3) is 0 Å². The number of hydrogen-bond donors (Lipinski definition) is 2. The number of rotatable bonds is 12. The molecule has 5 nitrogen and oxygen atoms in total. The highest BCUT2D eigenvalue weighted by Crippen LogP contribution is 2.44. The van der Waals surface area contributed by atoms with E-state index >= 15 is 0 Å². The summed E-state index contributed by atoms with van der Waals surface area (Å²) in [6, 6.07) is 9.77. The summed E-state index contributed by atoms with van der Waals surface area (Å²) < 4.78 is 6.12. The Labute approximate surface area is 172 Å². The van der Waals surface area contributed by atoms with Gasteiger partial charge in [-0.15, -0.1) is 0 Å². The molecule has 29 heavy (non-hydrogen) atoms. The first kappa shape index (κ1) is 21.3. The van der Waals surface area contributed by atoms with Crippen LogP contribution in [0.2, 0.25) is 0 Å². The van der Waals surface area contributed by atoms with Gasteiger partial charge in [0.25, 0.3) is 0 Å². The molecule has 3 rings (SSSR count). The summed E-state index contributed by atoms with van der Waals surface area (Å²) in [4.78, 5) is 22.6. The smallest absolute Gasteiger partial charge is 0.303 e. The Kier molecular flexibility index (Phi) is 8.05. The lowest BCUT2D eigenvalue weighted by Gasteiger charge is -2.27. The topological polar surface area (TPSA) is 75.6 Å². The van der Waals surface area contributed by atoms with Gasteiger partial charge in [-0.1, -0.05) is 42.5 Å². The van der Waals surface area contributed by atoms with Crippen molar-refractivity contribution in [1.82, 2.24) is 5.32 Å². The molecule has 2 N–H and O–H groups in total. The molecule has 0 aliphatic carbocycles. The third-order valence-electron chi connectivity index (χ3n) is 5.89. The van der Waals surface area contributed by atoms with Crippen LogP contribution in [-0.2, 0) is 20.7 Å². The Morgan fingerprint density at radius 2 is 1.86 bits per heavy atom. The van der Waals surface area contributed by atoms with Gasteiger partial charge in [-0.25, -0.2) is 0 Å². The van der Waals surface area contributed by atoms with E-state index in [1.807, 2.05) is 30.3 Å². The summed E-state index contributed by atoms with van der Waals surface area (Å²) in [5.74, 6) is 0.298. The molecule has 0 unspecified atom stereocenters. The minimum absolute atomic E-state index is 0.0914. The number of fused-ring (bicyclic) bond motifs is 2. The van der Waals surface area contributed by atoms with Gasteiger partial charge in [0, 0.05) is 25.3 Å². The standard InChI is InChI=1S/C24H31NO4/c26-19(16-18-8-4-3-5-9-18)14-15-25-17-21-20(22-12-13-23(21)29-22)10-6-1-2-7-11-24(27)28/h1,3-6,8-9,14-15,20-23,25H,2,7,10-13,16-17H2,(H,27,28)/b6-1-,15-14?/t20-,21+,22-,23+/m0/s1. The molecule has 0 saturated carbocycles. The predicted molar refractivity (Wildman–Crippen MR) is 112 cm³/mol. The number of nitrogens with one attached hydrogen (secondary N) is 1. The van der Waals surface area contributed by atoms with Gasteiger partial charge >= 0.3 is 5.97 Å². The minimum Gasteiger partial charge on any atom is -0.481 e. The highest BCUT2D eigenvalue weighted by molar-refractivity contribution is 5.91. The largest absolute Gasteiger partial charge is 0.481 e. The van der Waals surface area contributed by atoms with Crippen LogP contribution in [0.1, 0.15) is 44.1 Å². The van der Waals surface area contributed by atoms with Gasteiger partial charge in [0.15, 0.2) is 5.78 Å². The third kappa shape index (κ3) is 6.57. The molecule has 2 bridgehead atoms. The van der Waals surface area contributed by atoms with Crippen molar-refractivity contribution < 1.29 is 19.4 Å². The molecule has 2 heterocycles. The third-order valence-corrected chi connectivity index (χ3v) is 5.89. The average Bonchev–Trinajstić information content (AvgIpc) is 3.30. The first-order chi connectivity index (χ1) is 14.1.